The summed E-state index contributed by atoms with van der Waals surface area (Å²) in [5, 5.41) is 0. The molecule has 76 valence electrons. The second kappa shape index (κ2) is 4.49. The monoisotopic (exact) mass is 261 g/mol. The highest BCUT2D eigenvalue weighted by molar-refractivity contribution is 9.10. The van der Waals surface area contributed by atoms with Gasteiger partial charge in [0.1, 0.15) is 0 Å². The normalized spacial score (nSPS) is 11.1. The molecule has 0 saturated carbocycles. The fourth-order valence-corrected chi connectivity index (χ4v) is 1.67. The molecule has 1 heterocycles. The highest BCUT2D eigenvalue weighted by Crippen LogP contribution is 2.13. The van der Waals surface area contributed by atoms with Crippen molar-refractivity contribution in [2.75, 3.05) is 0 Å². The number of hydrogen-bond acceptors (Lipinski definition) is 0. The number of benzene rings is 1. The summed E-state index contributed by atoms with van der Waals surface area (Å²) in [6, 6.07) is 12.4. The van der Waals surface area contributed by atoms with Crippen molar-refractivity contribution in [3.63, 3.8) is 0 Å². The third-order valence-electron chi connectivity index (χ3n) is 2.30. The molecule has 1 nitrogen and oxygen atoms in total. The lowest BCUT2D eigenvalue weighted by molar-refractivity contribution is 0.915. The van der Waals surface area contributed by atoms with E-state index in [0.717, 1.165) is 4.47 Å². The maximum absolute atomic E-state index is 3.42. The van der Waals surface area contributed by atoms with Crippen molar-refractivity contribution in [2.45, 2.75) is 0 Å². The summed E-state index contributed by atoms with van der Waals surface area (Å²) in [5.41, 5.74) is 2.41. The average Bonchev–Trinajstić information content (AvgIpc) is 2.63. The van der Waals surface area contributed by atoms with E-state index in [2.05, 4.69) is 50.8 Å². The highest BCUT2D eigenvalue weighted by Gasteiger charge is 1.91. The van der Waals surface area contributed by atoms with E-state index in [9.17, 15) is 0 Å². The standard InChI is InChI=1S/C13H12BrN/c1-15-10-2-3-13(15)9-6-11-4-7-12(14)8-5-11/h2-10H,1H3/b9-6-. The summed E-state index contributed by atoms with van der Waals surface area (Å²) >= 11 is 3.42. The third kappa shape index (κ3) is 2.60. The average molecular weight is 262 g/mol. The Morgan fingerprint density at radius 2 is 1.80 bits per heavy atom. The van der Waals surface area contributed by atoms with Crippen molar-refractivity contribution in [3.05, 3.63) is 58.3 Å². The highest BCUT2D eigenvalue weighted by atomic mass is 79.9. The molecule has 0 spiro atoms. The molecule has 0 N–H and O–H groups in total. The van der Waals surface area contributed by atoms with Gasteiger partial charge < -0.3 is 4.57 Å². The molecule has 2 heteroatoms. The summed E-state index contributed by atoms with van der Waals surface area (Å²) in [6.45, 7) is 0. The molecule has 2 aromatic rings. The van der Waals surface area contributed by atoms with Gasteiger partial charge in [0.05, 0.1) is 0 Å². The number of rotatable bonds is 2. The van der Waals surface area contributed by atoms with Gasteiger partial charge in [0.25, 0.3) is 0 Å². The van der Waals surface area contributed by atoms with Gasteiger partial charge in [-0.3, -0.25) is 0 Å². The molecule has 0 bridgehead atoms. The largest absolute Gasteiger partial charge is 0.351 e. The number of nitrogens with zero attached hydrogens (tertiary/aromatic N) is 1. The van der Waals surface area contributed by atoms with Crippen molar-refractivity contribution >= 4 is 28.1 Å². The summed E-state index contributed by atoms with van der Waals surface area (Å²) in [4.78, 5) is 0. The maximum Gasteiger partial charge on any atom is 0.0404 e. The molecule has 0 saturated heterocycles. The summed E-state index contributed by atoms with van der Waals surface area (Å²) < 4.78 is 3.20. The number of halogens is 1. The molecule has 0 amide bonds. The van der Waals surface area contributed by atoms with Crippen LogP contribution in [0.5, 0.6) is 0 Å². The van der Waals surface area contributed by atoms with Gasteiger partial charge in [0, 0.05) is 23.4 Å². The molecule has 0 aliphatic carbocycles. The molecule has 2 rings (SSSR count). The predicted octanol–water partition coefficient (Wildman–Crippen LogP) is 3.96. The minimum Gasteiger partial charge on any atom is -0.351 e. The van der Waals surface area contributed by atoms with Crippen molar-refractivity contribution in [3.8, 4) is 0 Å². The first-order valence-corrected chi connectivity index (χ1v) is 5.60. The van der Waals surface area contributed by atoms with Crippen LogP contribution in [0.3, 0.4) is 0 Å². The molecular weight excluding hydrogens is 250 g/mol. The van der Waals surface area contributed by atoms with Crippen molar-refractivity contribution in [1.82, 2.24) is 4.57 Å². The van der Waals surface area contributed by atoms with Crippen LogP contribution in [0.15, 0.2) is 47.1 Å². The minimum atomic E-state index is 1.11. The zero-order valence-corrected chi connectivity index (χ0v) is 10.1. The van der Waals surface area contributed by atoms with Crippen LogP contribution in [-0.2, 0) is 7.05 Å². The Kier molecular flexibility index (Phi) is 3.07. The quantitative estimate of drug-likeness (QED) is 0.772. The number of aryl methyl sites for hydroxylation is 1. The van der Waals surface area contributed by atoms with Gasteiger partial charge in [-0.05, 0) is 35.9 Å². The molecule has 0 atom stereocenters. The molecule has 1 aromatic heterocycles. The van der Waals surface area contributed by atoms with Gasteiger partial charge >= 0.3 is 0 Å². The van der Waals surface area contributed by atoms with E-state index in [1.165, 1.54) is 11.3 Å². The maximum atomic E-state index is 3.42. The number of aromatic nitrogens is 1. The van der Waals surface area contributed by atoms with E-state index < -0.39 is 0 Å². The lowest BCUT2D eigenvalue weighted by atomic mass is 10.2. The van der Waals surface area contributed by atoms with Crippen LogP contribution in [-0.4, -0.2) is 4.57 Å². The first-order chi connectivity index (χ1) is 7.25. The Hall–Kier alpha value is -1.28. The predicted molar refractivity (Wildman–Crippen MR) is 68.5 cm³/mol. The van der Waals surface area contributed by atoms with Gasteiger partial charge in [-0.25, -0.2) is 0 Å². The molecule has 0 fully saturated rings. The SMILES string of the molecule is Cn1cccc1/C=C\c1ccc(Br)cc1. The van der Waals surface area contributed by atoms with E-state index in [-0.39, 0.29) is 0 Å². The van der Waals surface area contributed by atoms with Crippen LogP contribution in [0.4, 0.5) is 0 Å². The van der Waals surface area contributed by atoms with Crippen LogP contribution in [0.2, 0.25) is 0 Å². The number of hydrogen-bond donors (Lipinski definition) is 0. The molecular formula is C13H12BrN. The lowest BCUT2D eigenvalue weighted by Crippen LogP contribution is -1.86. The molecule has 0 unspecified atom stereocenters. The van der Waals surface area contributed by atoms with Crippen LogP contribution in [0, 0.1) is 0 Å². The summed E-state index contributed by atoms with van der Waals surface area (Å²) in [5.74, 6) is 0. The van der Waals surface area contributed by atoms with E-state index >= 15 is 0 Å². The van der Waals surface area contributed by atoms with Gasteiger partial charge in [0.15, 0.2) is 0 Å². The lowest BCUT2D eigenvalue weighted by Gasteiger charge is -1.96. The molecule has 1 aromatic carbocycles. The van der Waals surface area contributed by atoms with E-state index in [4.69, 9.17) is 0 Å². The molecule has 0 aliphatic rings. The zero-order chi connectivity index (χ0) is 10.7. The topological polar surface area (TPSA) is 4.93 Å². The fourth-order valence-electron chi connectivity index (χ4n) is 1.40. The second-order valence-electron chi connectivity index (χ2n) is 3.43. The Morgan fingerprint density at radius 1 is 1.07 bits per heavy atom. The Labute approximate surface area is 98.2 Å². The Bertz CT molecular complexity index is 466. The summed E-state index contributed by atoms with van der Waals surface area (Å²) in [7, 11) is 2.04. The van der Waals surface area contributed by atoms with Crippen LogP contribution in [0.1, 0.15) is 11.3 Å². The van der Waals surface area contributed by atoms with E-state index in [1.807, 2.05) is 31.4 Å². The van der Waals surface area contributed by atoms with E-state index in [0.29, 0.717) is 0 Å². The van der Waals surface area contributed by atoms with Crippen LogP contribution in [0.25, 0.3) is 12.2 Å². The van der Waals surface area contributed by atoms with Crippen LogP contribution < -0.4 is 0 Å². The molecule has 0 aliphatic heterocycles. The fraction of sp³-hybridized carbons (Fsp3) is 0.0769. The molecule has 0 radical (unpaired) electrons. The first kappa shape index (κ1) is 10.2. The Morgan fingerprint density at radius 3 is 2.40 bits per heavy atom. The van der Waals surface area contributed by atoms with E-state index in [1.54, 1.807) is 0 Å². The van der Waals surface area contributed by atoms with Crippen molar-refractivity contribution in [2.24, 2.45) is 7.05 Å². The van der Waals surface area contributed by atoms with Gasteiger partial charge in [-0.2, -0.15) is 0 Å². The Balaban J connectivity index is 2.19. The van der Waals surface area contributed by atoms with Crippen molar-refractivity contribution in [1.29, 1.82) is 0 Å². The first-order valence-electron chi connectivity index (χ1n) is 4.81. The second-order valence-corrected chi connectivity index (χ2v) is 4.34. The third-order valence-corrected chi connectivity index (χ3v) is 2.83. The van der Waals surface area contributed by atoms with Crippen LogP contribution >= 0.6 is 15.9 Å². The van der Waals surface area contributed by atoms with Gasteiger partial charge in [-0.1, -0.05) is 34.1 Å². The minimum absolute atomic E-state index is 1.11. The van der Waals surface area contributed by atoms with Gasteiger partial charge in [-0.15, -0.1) is 0 Å². The molecule has 15 heavy (non-hydrogen) atoms. The summed E-state index contributed by atoms with van der Waals surface area (Å²) in [6.07, 6.45) is 6.27. The van der Waals surface area contributed by atoms with Crippen molar-refractivity contribution < 1.29 is 0 Å². The zero-order valence-electron chi connectivity index (χ0n) is 8.52. The van der Waals surface area contributed by atoms with Gasteiger partial charge in [0.2, 0.25) is 0 Å². The smallest absolute Gasteiger partial charge is 0.0404 e.